The minimum atomic E-state index is -0.0761. The number of nitriles is 1. The van der Waals surface area contributed by atoms with Crippen LogP contribution in [0.3, 0.4) is 0 Å². The molecule has 1 aromatic heterocycles. The van der Waals surface area contributed by atoms with Crippen molar-refractivity contribution in [3.63, 3.8) is 0 Å². The number of nitrogens with zero attached hydrogens (tertiary/aromatic N) is 1. The minimum Gasteiger partial charge on any atom is -0.494 e. The molecule has 136 valence electrons. The van der Waals surface area contributed by atoms with Gasteiger partial charge < -0.3 is 10.1 Å². The van der Waals surface area contributed by atoms with E-state index in [1.54, 1.807) is 35.6 Å². The predicted octanol–water partition coefficient (Wildman–Crippen LogP) is 5.20. The van der Waals surface area contributed by atoms with Gasteiger partial charge >= 0.3 is 0 Å². The first-order valence-electron chi connectivity index (χ1n) is 8.79. The van der Waals surface area contributed by atoms with Gasteiger partial charge in [0, 0.05) is 16.3 Å². The Balaban J connectivity index is 1.50. The lowest BCUT2D eigenvalue weighted by molar-refractivity contribution is -0.116. The summed E-state index contributed by atoms with van der Waals surface area (Å²) in [4.78, 5) is 13.5. The predicted molar refractivity (Wildman–Crippen MR) is 105 cm³/mol. The van der Waals surface area contributed by atoms with Crippen LogP contribution in [0.5, 0.6) is 5.75 Å². The average molecular weight is 389 g/mol. The lowest BCUT2D eigenvalue weighted by atomic mass is 9.89. The van der Waals surface area contributed by atoms with Crippen molar-refractivity contribution in [3.8, 4) is 11.8 Å². The maximum absolute atomic E-state index is 12.2. The maximum atomic E-state index is 12.2. The van der Waals surface area contributed by atoms with E-state index in [4.69, 9.17) is 16.3 Å². The highest BCUT2D eigenvalue weighted by Gasteiger charge is 2.24. The lowest BCUT2D eigenvalue weighted by Crippen LogP contribution is -2.13. The molecule has 0 aliphatic heterocycles. The zero-order valence-corrected chi connectivity index (χ0v) is 16.3. The molecule has 1 aliphatic rings. The molecule has 0 radical (unpaired) electrons. The Morgan fingerprint density at radius 3 is 2.92 bits per heavy atom. The van der Waals surface area contributed by atoms with E-state index >= 15 is 0 Å². The molecule has 0 bridgehead atoms. The van der Waals surface area contributed by atoms with Crippen LogP contribution in [0.4, 0.5) is 5.00 Å². The summed E-state index contributed by atoms with van der Waals surface area (Å²) in [6.07, 6.45) is 4.00. The number of benzene rings is 1. The van der Waals surface area contributed by atoms with Crippen LogP contribution in [0, 0.1) is 17.2 Å². The summed E-state index contributed by atoms with van der Waals surface area (Å²) < 4.78 is 5.60. The normalized spacial score (nSPS) is 15.8. The van der Waals surface area contributed by atoms with Gasteiger partial charge in [-0.05, 0) is 61.4 Å². The zero-order chi connectivity index (χ0) is 18.5. The number of carbonyl (C=O) groups is 1. The maximum Gasteiger partial charge on any atom is 0.225 e. The molecule has 4 nitrogen and oxygen atoms in total. The number of anilines is 1. The second-order valence-corrected chi connectivity index (χ2v) is 8.16. The van der Waals surface area contributed by atoms with Gasteiger partial charge in [-0.3, -0.25) is 4.79 Å². The van der Waals surface area contributed by atoms with Crippen molar-refractivity contribution in [2.75, 3.05) is 11.9 Å². The van der Waals surface area contributed by atoms with Crippen LogP contribution in [-0.4, -0.2) is 12.5 Å². The van der Waals surface area contributed by atoms with Gasteiger partial charge in [0.15, 0.2) is 0 Å². The van der Waals surface area contributed by atoms with Crippen LogP contribution >= 0.6 is 22.9 Å². The summed E-state index contributed by atoms with van der Waals surface area (Å²) in [5.74, 6) is 1.30. The molecular formula is C20H21ClN2O2S. The number of hydrogen-bond acceptors (Lipinski definition) is 4. The Morgan fingerprint density at radius 1 is 1.42 bits per heavy atom. The number of ether oxygens (including phenoxy) is 1. The van der Waals surface area contributed by atoms with Gasteiger partial charge in [-0.15, -0.1) is 11.3 Å². The third-order valence-electron chi connectivity index (χ3n) is 4.51. The van der Waals surface area contributed by atoms with Crippen molar-refractivity contribution in [2.24, 2.45) is 5.92 Å². The first-order chi connectivity index (χ1) is 12.6. The third kappa shape index (κ3) is 4.57. The number of hydrogen-bond donors (Lipinski definition) is 1. The highest BCUT2D eigenvalue weighted by Crippen LogP contribution is 2.39. The van der Waals surface area contributed by atoms with Gasteiger partial charge in [0.1, 0.15) is 16.8 Å². The first-order valence-corrected chi connectivity index (χ1v) is 9.99. The summed E-state index contributed by atoms with van der Waals surface area (Å²) in [7, 11) is 0. The molecule has 3 rings (SSSR count). The monoisotopic (exact) mass is 388 g/mol. The van der Waals surface area contributed by atoms with E-state index in [0.29, 0.717) is 41.0 Å². The van der Waals surface area contributed by atoms with Crippen molar-refractivity contribution in [3.05, 3.63) is 45.3 Å². The van der Waals surface area contributed by atoms with Gasteiger partial charge in [0.2, 0.25) is 5.91 Å². The Labute approximate surface area is 162 Å². The van der Waals surface area contributed by atoms with Gasteiger partial charge in [0.05, 0.1) is 12.2 Å². The Hall–Kier alpha value is -2.03. The fourth-order valence-corrected chi connectivity index (χ4v) is 4.60. The van der Waals surface area contributed by atoms with Gasteiger partial charge in [-0.1, -0.05) is 18.5 Å². The number of halogens is 1. The van der Waals surface area contributed by atoms with Crippen LogP contribution in [-0.2, 0) is 17.6 Å². The topological polar surface area (TPSA) is 62.1 Å². The second-order valence-electron chi connectivity index (χ2n) is 6.62. The van der Waals surface area contributed by atoms with Crippen molar-refractivity contribution in [2.45, 2.75) is 39.0 Å². The zero-order valence-electron chi connectivity index (χ0n) is 14.7. The van der Waals surface area contributed by atoms with Gasteiger partial charge in [-0.25, -0.2) is 0 Å². The first kappa shape index (κ1) is 18.8. The Kier molecular flexibility index (Phi) is 6.18. The van der Waals surface area contributed by atoms with Crippen LogP contribution < -0.4 is 10.1 Å². The number of nitrogens with one attached hydrogen (secondary N) is 1. The van der Waals surface area contributed by atoms with Gasteiger partial charge in [0.25, 0.3) is 0 Å². The molecule has 1 N–H and O–H groups in total. The highest BCUT2D eigenvalue weighted by molar-refractivity contribution is 7.16. The Morgan fingerprint density at radius 2 is 2.19 bits per heavy atom. The minimum absolute atomic E-state index is 0.0761. The quantitative estimate of drug-likeness (QED) is 0.692. The number of thiophene rings is 1. The summed E-state index contributed by atoms with van der Waals surface area (Å²) >= 11 is 7.39. The van der Waals surface area contributed by atoms with Crippen LogP contribution in [0.25, 0.3) is 0 Å². The van der Waals surface area contributed by atoms with E-state index in [9.17, 15) is 10.1 Å². The smallest absolute Gasteiger partial charge is 0.225 e. The number of fused-ring (bicyclic) bond motifs is 1. The summed E-state index contributed by atoms with van der Waals surface area (Å²) in [6, 6.07) is 9.43. The van der Waals surface area contributed by atoms with Crippen molar-refractivity contribution < 1.29 is 9.53 Å². The van der Waals surface area contributed by atoms with E-state index in [0.717, 1.165) is 30.6 Å². The van der Waals surface area contributed by atoms with E-state index in [2.05, 4.69) is 18.3 Å². The molecular weight excluding hydrogens is 368 g/mol. The van der Waals surface area contributed by atoms with Crippen molar-refractivity contribution in [1.29, 1.82) is 5.26 Å². The molecule has 0 fully saturated rings. The van der Waals surface area contributed by atoms with E-state index < -0.39 is 0 Å². The summed E-state index contributed by atoms with van der Waals surface area (Å²) in [5, 5.41) is 13.8. The van der Waals surface area contributed by atoms with Crippen LogP contribution in [0.15, 0.2) is 24.3 Å². The lowest BCUT2D eigenvalue weighted by Gasteiger charge is -2.17. The highest BCUT2D eigenvalue weighted by atomic mass is 35.5. The standard InChI is InChI=1S/C20H21ClN2O2S/c1-13-4-9-16-17(12-22)20(26-18(16)11-13)23-19(24)3-2-10-25-15-7-5-14(21)6-8-15/h5-8,13H,2-4,9-11H2,1H3,(H,23,24). The van der Waals surface area contributed by atoms with E-state index in [1.807, 2.05) is 0 Å². The summed E-state index contributed by atoms with van der Waals surface area (Å²) in [6.45, 7) is 2.69. The molecule has 1 aromatic carbocycles. The second kappa shape index (κ2) is 8.57. The molecule has 1 amide bonds. The molecule has 0 saturated carbocycles. The molecule has 26 heavy (non-hydrogen) atoms. The SMILES string of the molecule is CC1CCc2c(sc(NC(=O)CCCOc3ccc(Cl)cc3)c2C#N)C1. The van der Waals surface area contributed by atoms with Crippen molar-refractivity contribution in [1.82, 2.24) is 0 Å². The van der Waals surface area contributed by atoms with E-state index in [1.165, 1.54) is 4.88 Å². The van der Waals surface area contributed by atoms with Crippen molar-refractivity contribution >= 4 is 33.8 Å². The molecule has 6 heteroatoms. The van der Waals surface area contributed by atoms with E-state index in [-0.39, 0.29) is 5.91 Å². The third-order valence-corrected chi connectivity index (χ3v) is 5.93. The molecule has 0 spiro atoms. The fraction of sp³-hybridized carbons (Fsp3) is 0.400. The summed E-state index contributed by atoms with van der Waals surface area (Å²) in [5.41, 5.74) is 1.79. The molecule has 1 aliphatic carbocycles. The number of carbonyl (C=O) groups excluding carboxylic acids is 1. The molecule has 1 atom stereocenters. The molecule has 1 unspecified atom stereocenters. The fourth-order valence-electron chi connectivity index (χ4n) is 3.10. The number of rotatable bonds is 6. The Bertz CT molecular complexity index is 824. The number of amides is 1. The van der Waals surface area contributed by atoms with Crippen LogP contribution in [0.2, 0.25) is 5.02 Å². The molecule has 0 saturated heterocycles. The largest absolute Gasteiger partial charge is 0.494 e. The van der Waals surface area contributed by atoms with Crippen LogP contribution in [0.1, 0.15) is 42.2 Å². The van der Waals surface area contributed by atoms with Gasteiger partial charge in [-0.2, -0.15) is 5.26 Å². The molecule has 1 heterocycles. The molecule has 2 aromatic rings. The average Bonchev–Trinajstić information content (AvgIpc) is 2.96.